The first-order valence-corrected chi connectivity index (χ1v) is 17.5. The largest absolute Gasteiger partial charge is 0.490 e. The molecule has 1 aromatic heterocycles. The summed E-state index contributed by atoms with van der Waals surface area (Å²) in [6.07, 6.45) is -11.7. The summed E-state index contributed by atoms with van der Waals surface area (Å²) in [6.45, 7) is 6.07. The molecule has 0 atom stereocenters. The van der Waals surface area contributed by atoms with Crippen molar-refractivity contribution in [3.8, 4) is 0 Å². The Morgan fingerprint density at radius 3 is 1.61 bits per heavy atom. The number of nitrogens with one attached hydrogen (secondary N) is 2. The standard InChI is InChI=1S/C30H30Cl2N6.3C2HF3O2/c31-25-8-6-22(7-9-25)19-37-10-12-38(13-11-37)20-24-14-23-5-4-21-2-1-3-26(15-21)35-30-33-18-28(32)29(36-30)34-27(16-23)17-24;3*3-2(4,5)1(6)7/h1-3,6-9,14-18H,4-5,10-13,19-20H2,(H2,33,34,35,36);3*(H,6,7). The minimum Gasteiger partial charge on any atom is -0.475 e. The quantitative estimate of drug-likeness (QED) is 0.124. The first kappa shape index (κ1) is 48.0. The predicted molar refractivity (Wildman–Crippen MR) is 197 cm³/mol. The number of alkyl halides is 9. The number of nitrogens with zero attached hydrogens (tertiary/aromatic N) is 4. The number of fused-ring (bicyclic) bond motifs is 6. The molecule has 0 radical (unpaired) electrons. The molecule has 3 aromatic carbocycles. The van der Waals surface area contributed by atoms with E-state index in [9.17, 15) is 39.5 Å². The summed E-state index contributed by atoms with van der Waals surface area (Å²) in [5, 5.41) is 29.4. The molecule has 0 unspecified atom stereocenters. The van der Waals surface area contributed by atoms with Crippen molar-refractivity contribution < 1.29 is 69.2 Å². The molecule has 6 bridgehead atoms. The summed E-state index contributed by atoms with van der Waals surface area (Å²) >= 11 is 12.5. The highest BCUT2D eigenvalue weighted by Crippen LogP contribution is 2.28. The highest BCUT2D eigenvalue weighted by Gasteiger charge is 2.39. The van der Waals surface area contributed by atoms with Gasteiger partial charge >= 0.3 is 36.4 Å². The van der Waals surface area contributed by atoms with Gasteiger partial charge < -0.3 is 26.0 Å². The van der Waals surface area contributed by atoms with Crippen molar-refractivity contribution in [1.82, 2.24) is 19.8 Å². The van der Waals surface area contributed by atoms with Gasteiger partial charge in [0.05, 0.1) is 6.20 Å². The molecular formula is C36H33Cl2F9N6O6. The topological polar surface area (TPSA) is 168 Å². The summed E-state index contributed by atoms with van der Waals surface area (Å²) < 4.78 is 95.2. The Hall–Kier alpha value is -5.38. The number of aryl methyl sites for hydroxylation is 2. The fourth-order valence-electron chi connectivity index (χ4n) is 5.16. The zero-order valence-corrected chi connectivity index (χ0v) is 31.6. The molecule has 59 heavy (non-hydrogen) atoms. The number of hydrogen-bond donors (Lipinski definition) is 5. The molecule has 2 aliphatic rings. The molecule has 1 fully saturated rings. The maximum absolute atomic E-state index is 10.6. The van der Waals surface area contributed by atoms with Crippen LogP contribution in [0.25, 0.3) is 0 Å². The minimum absolute atomic E-state index is 0.489. The van der Waals surface area contributed by atoms with E-state index < -0.39 is 36.4 Å². The van der Waals surface area contributed by atoms with Gasteiger partial charge in [-0.2, -0.15) is 44.5 Å². The van der Waals surface area contributed by atoms with Crippen LogP contribution in [-0.2, 0) is 40.3 Å². The van der Waals surface area contributed by atoms with Crippen molar-refractivity contribution in [2.24, 2.45) is 0 Å². The van der Waals surface area contributed by atoms with Crippen LogP contribution in [0.1, 0.15) is 22.3 Å². The van der Waals surface area contributed by atoms with Crippen LogP contribution in [0.3, 0.4) is 0 Å². The van der Waals surface area contributed by atoms with E-state index in [-0.39, 0.29) is 0 Å². The number of piperazine rings is 1. The van der Waals surface area contributed by atoms with E-state index in [4.69, 9.17) is 52.9 Å². The average molecular weight is 888 g/mol. The van der Waals surface area contributed by atoms with Crippen molar-refractivity contribution >= 4 is 64.3 Å². The Labute approximate surface area is 339 Å². The van der Waals surface area contributed by atoms with E-state index in [1.54, 1.807) is 6.20 Å². The maximum atomic E-state index is 10.6. The highest BCUT2D eigenvalue weighted by molar-refractivity contribution is 6.33. The molecule has 0 spiro atoms. The van der Waals surface area contributed by atoms with Gasteiger partial charge in [-0.3, -0.25) is 9.80 Å². The first-order chi connectivity index (χ1) is 27.4. The van der Waals surface area contributed by atoms with Gasteiger partial charge in [0.2, 0.25) is 5.95 Å². The Bertz CT molecular complexity index is 1990. The molecule has 320 valence electrons. The van der Waals surface area contributed by atoms with Gasteiger partial charge in [0, 0.05) is 55.7 Å². The lowest BCUT2D eigenvalue weighted by Gasteiger charge is -2.35. The monoisotopic (exact) mass is 886 g/mol. The fraction of sp³-hybridized carbons (Fsp3) is 0.306. The van der Waals surface area contributed by atoms with Gasteiger partial charge in [0.25, 0.3) is 0 Å². The number of aliphatic carboxylic acids is 3. The van der Waals surface area contributed by atoms with Crippen LogP contribution in [0.15, 0.2) is 72.9 Å². The number of carboxylic acid groups (broad SMARTS) is 3. The van der Waals surface area contributed by atoms with Crippen LogP contribution < -0.4 is 10.6 Å². The summed E-state index contributed by atoms with van der Waals surface area (Å²) in [7, 11) is 0. The minimum atomic E-state index is -5.08. The third-order valence-electron chi connectivity index (χ3n) is 7.86. The second kappa shape index (κ2) is 21.0. The van der Waals surface area contributed by atoms with Crippen molar-refractivity contribution in [3.05, 3.63) is 105 Å². The molecule has 12 nitrogen and oxygen atoms in total. The first-order valence-electron chi connectivity index (χ1n) is 16.8. The number of halogens is 11. The number of hydrogen-bond acceptors (Lipinski definition) is 9. The SMILES string of the molecule is Clc1ccc(CN2CCN(Cc3cc4cc(c3)Nc3nc(ncc3Cl)Nc3cccc(c3)CC4)CC2)cc1.O=C(O)C(F)(F)F.O=C(O)C(F)(F)F.O=C(O)C(F)(F)F. The Morgan fingerprint density at radius 2 is 1.10 bits per heavy atom. The predicted octanol–water partition coefficient (Wildman–Crippen LogP) is 8.59. The van der Waals surface area contributed by atoms with E-state index in [1.165, 1.54) is 22.3 Å². The molecule has 23 heteroatoms. The van der Waals surface area contributed by atoms with Gasteiger partial charge in [-0.05, 0) is 71.5 Å². The lowest BCUT2D eigenvalue weighted by Crippen LogP contribution is -2.45. The molecule has 4 aromatic rings. The number of carbonyl (C=O) groups is 3. The van der Waals surface area contributed by atoms with E-state index in [2.05, 4.69) is 78.9 Å². The Kier molecular flexibility index (Phi) is 17.1. The van der Waals surface area contributed by atoms with Gasteiger partial charge in [-0.25, -0.2) is 19.4 Å². The smallest absolute Gasteiger partial charge is 0.475 e. The molecule has 2 aliphatic heterocycles. The van der Waals surface area contributed by atoms with Crippen molar-refractivity contribution in [2.75, 3.05) is 36.8 Å². The molecule has 5 N–H and O–H groups in total. The molecule has 0 aliphatic carbocycles. The lowest BCUT2D eigenvalue weighted by atomic mass is 10.0. The van der Waals surface area contributed by atoms with Crippen molar-refractivity contribution in [2.45, 2.75) is 44.5 Å². The molecular weight excluding hydrogens is 854 g/mol. The van der Waals surface area contributed by atoms with Crippen LogP contribution in [0.4, 0.5) is 62.7 Å². The molecule has 6 rings (SSSR count). The number of anilines is 4. The van der Waals surface area contributed by atoms with Gasteiger partial charge in [0.1, 0.15) is 5.02 Å². The molecule has 0 saturated carbocycles. The highest BCUT2D eigenvalue weighted by atomic mass is 35.5. The maximum Gasteiger partial charge on any atom is 0.490 e. The third-order valence-corrected chi connectivity index (χ3v) is 8.39. The summed E-state index contributed by atoms with van der Waals surface area (Å²) in [6, 6.07) is 23.4. The normalized spacial score (nSPS) is 14.3. The number of carboxylic acids is 3. The zero-order valence-electron chi connectivity index (χ0n) is 30.1. The van der Waals surface area contributed by atoms with E-state index in [0.717, 1.165) is 68.5 Å². The summed E-state index contributed by atoms with van der Waals surface area (Å²) in [4.78, 5) is 40.8. The van der Waals surface area contributed by atoms with Gasteiger partial charge in [-0.1, -0.05) is 53.5 Å². The number of rotatable bonds is 4. The van der Waals surface area contributed by atoms with Crippen LogP contribution in [0.2, 0.25) is 10.0 Å². The molecule has 1 saturated heterocycles. The third kappa shape index (κ3) is 17.2. The van der Waals surface area contributed by atoms with Crippen LogP contribution in [0.5, 0.6) is 0 Å². The second-order valence-corrected chi connectivity index (χ2v) is 13.3. The molecule has 3 heterocycles. The Balaban J connectivity index is 0.000000365. The van der Waals surface area contributed by atoms with Crippen molar-refractivity contribution in [3.63, 3.8) is 0 Å². The van der Waals surface area contributed by atoms with Crippen LogP contribution >= 0.6 is 23.2 Å². The summed E-state index contributed by atoms with van der Waals surface area (Å²) in [5.41, 5.74) is 7.15. The summed E-state index contributed by atoms with van der Waals surface area (Å²) in [5.74, 6) is -7.16. The Morgan fingerprint density at radius 1 is 0.627 bits per heavy atom. The lowest BCUT2D eigenvalue weighted by molar-refractivity contribution is -0.193. The van der Waals surface area contributed by atoms with Crippen molar-refractivity contribution in [1.29, 1.82) is 0 Å². The van der Waals surface area contributed by atoms with Crippen LogP contribution in [0, 0.1) is 0 Å². The average Bonchev–Trinajstić information content (AvgIpc) is 3.14. The van der Waals surface area contributed by atoms with Crippen LogP contribution in [-0.4, -0.2) is 97.7 Å². The van der Waals surface area contributed by atoms with Gasteiger partial charge in [0.15, 0.2) is 5.82 Å². The number of benzene rings is 3. The van der Waals surface area contributed by atoms with E-state index in [1.807, 2.05) is 18.2 Å². The molecule has 0 amide bonds. The van der Waals surface area contributed by atoms with E-state index in [0.29, 0.717) is 16.8 Å². The second-order valence-electron chi connectivity index (χ2n) is 12.5. The van der Waals surface area contributed by atoms with E-state index >= 15 is 0 Å². The number of aromatic nitrogens is 2. The van der Waals surface area contributed by atoms with Gasteiger partial charge in [-0.15, -0.1) is 0 Å². The fourth-order valence-corrected chi connectivity index (χ4v) is 5.42. The zero-order chi connectivity index (χ0) is 44.1.